The van der Waals surface area contributed by atoms with Gasteiger partial charge in [-0.3, -0.25) is 9.59 Å². The number of rotatable bonds is 6. The molecule has 1 saturated heterocycles. The van der Waals surface area contributed by atoms with Gasteiger partial charge in [-0.05, 0) is 31.7 Å². The Morgan fingerprint density at radius 2 is 2.20 bits per heavy atom. The van der Waals surface area contributed by atoms with Gasteiger partial charge in [0.25, 0.3) is 0 Å². The van der Waals surface area contributed by atoms with E-state index in [1.54, 1.807) is 4.90 Å². The Morgan fingerprint density at radius 1 is 1.45 bits per heavy atom. The van der Waals surface area contributed by atoms with Gasteiger partial charge >= 0.3 is 0 Å². The zero-order valence-corrected chi connectivity index (χ0v) is 12.1. The summed E-state index contributed by atoms with van der Waals surface area (Å²) < 4.78 is 5.36. The highest BCUT2D eigenvalue weighted by Gasteiger charge is 2.35. The molecule has 1 saturated carbocycles. The van der Waals surface area contributed by atoms with Crippen LogP contribution in [0.15, 0.2) is 0 Å². The average molecular weight is 283 g/mol. The fraction of sp³-hybridized carbons (Fsp3) is 0.857. The predicted molar refractivity (Wildman–Crippen MR) is 74.9 cm³/mol. The van der Waals surface area contributed by atoms with E-state index in [0.29, 0.717) is 44.7 Å². The molecule has 0 aromatic rings. The summed E-state index contributed by atoms with van der Waals surface area (Å²) in [5, 5.41) is 2.95. The van der Waals surface area contributed by atoms with Crippen molar-refractivity contribution in [3.8, 4) is 0 Å². The normalized spacial score (nSPS) is 24.3. The number of nitrogens with zero attached hydrogens (tertiary/aromatic N) is 1. The molecular weight excluding hydrogens is 258 g/mol. The summed E-state index contributed by atoms with van der Waals surface area (Å²) in [6.45, 7) is 3.92. The third kappa shape index (κ3) is 4.18. The molecule has 6 nitrogen and oxygen atoms in total. The summed E-state index contributed by atoms with van der Waals surface area (Å²) in [7, 11) is 0. The van der Waals surface area contributed by atoms with E-state index in [1.165, 1.54) is 0 Å². The summed E-state index contributed by atoms with van der Waals surface area (Å²) >= 11 is 0. The second-order valence-electron chi connectivity index (χ2n) is 5.84. The van der Waals surface area contributed by atoms with Crippen molar-refractivity contribution >= 4 is 11.8 Å². The Morgan fingerprint density at radius 3 is 2.85 bits per heavy atom. The third-order valence-electron chi connectivity index (χ3n) is 3.93. The number of nitrogens with one attached hydrogen (secondary N) is 1. The lowest BCUT2D eigenvalue weighted by Gasteiger charge is -2.34. The zero-order chi connectivity index (χ0) is 14.5. The molecule has 2 rings (SSSR count). The lowest BCUT2D eigenvalue weighted by Crippen LogP contribution is -2.56. The first kappa shape index (κ1) is 15.3. The van der Waals surface area contributed by atoms with Crippen LogP contribution >= 0.6 is 0 Å². The molecule has 3 N–H and O–H groups in total. The molecule has 114 valence electrons. The lowest BCUT2D eigenvalue weighted by molar-refractivity contribution is -0.148. The topological polar surface area (TPSA) is 84.7 Å². The van der Waals surface area contributed by atoms with E-state index in [-0.39, 0.29) is 11.8 Å². The minimum atomic E-state index is -0.468. The number of amides is 2. The van der Waals surface area contributed by atoms with Gasteiger partial charge in [0.05, 0.1) is 13.2 Å². The first-order valence-electron chi connectivity index (χ1n) is 7.49. The minimum absolute atomic E-state index is 0.0320. The highest BCUT2D eigenvalue weighted by Crippen LogP contribution is 2.20. The van der Waals surface area contributed by atoms with Crippen molar-refractivity contribution < 1.29 is 14.3 Å². The van der Waals surface area contributed by atoms with E-state index >= 15 is 0 Å². The summed E-state index contributed by atoms with van der Waals surface area (Å²) in [5.74, 6) is 0.288. The van der Waals surface area contributed by atoms with Gasteiger partial charge in [-0.1, -0.05) is 6.92 Å². The first-order chi connectivity index (χ1) is 9.61. The smallest absolute Gasteiger partial charge is 0.245 e. The number of hydrogen-bond acceptors (Lipinski definition) is 4. The molecule has 1 aliphatic carbocycles. The van der Waals surface area contributed by atoms with Crippen molar-refractivity contribution in [2.45, 2.75) is 44.7 Å². The standard InChI is InChI=1S/C14H25N3O3/c1-10(8-15)2-5-13(18)17-6-7-20-9-12(17)14(19)16-11-3-4-11/h10-12H,2-9,15H2,1H3,(H,16,19). The average Bonchev–Trinajstić information content (AvgIpc) is 3.28. The second kappa shape index (κ2) is 7.04. The largest absolute Gasteiger partial charge is 0.377 e. The van der Waals surface area contributed by atoms with Gasteiger partial charge in [0, 0.05) is 19.0 Å². The van der Waals surface area contributed by atoms with Gasteiger partial charge in [-0.2, -0.15) is 0 Å². The fourth-order valence-electron chi connectivity index (χ4n) is 2.28. The number of carbonyl (C=O) groups excluding carboxylic acids is 2. The highest BCUT2D eigenvalue weighted by atomic mass is 16.5. The summed E-state index contributed by atoms with van der Waals surface area (Å²) in [6.07, 6.45) is 3.30. The minimum Gasteiger partial charge on any atom is -0.377 e. The van der Waals surface area contributed by atoms with Crippen LogP contribution in [0.2, 0.25) is 0 Å². The molecule has 1 aliphatic heterocycles. The van der Waals surface area contributed by atoms with Gasteiger partial charge in [-0.25, -0.2) is 0 Å². The summed E-state index contributed by atoms with van der Waals surface area (Å²) in [6, 6.07) is -0.163. The molecule has 0 spiro atoms. The number of hydrogen-bond donors (Lipinski definition) is 2. The van der Waals surface area contributed by atoms with Crippen molar-refractivity contribution in [1.82, 2.24) is 10.2 Å². The second-order valence-corrected chi connectivity index (χ2v) is 5.84. The maximum absolute atomic E-state index is 12.3. The number of ether oxygens (including phenoxy) is 1. The van der Waals surface area contributed by atoms with Crippen LogP contribution < -0.4 is 11.1 Å². The van der Waals surface area contributed by atoms with Crippen LogP contribution in [0, 0.1) is 5.92 Å². The SMILES string of the molecule is CC(CN)CCC(=O)N1CCOCC1C(=O)NC1CC1. The highest BCUT2D eigenvalue weighted by molar-refractivity contribution is 5.88. The molecule has 2 aliphatic rings. The van der Waals surface area contributed by atoms with Gasteiger partial charge < -0.3 is 20.7 Å². The molecule has 2 atom stereocenters. The third-order valence-corrected chi connectivity index (χ3v) is 3.93. The molecule has 1 heterocycles. The monoisotopic (exact) mass is 283 g/mol. The molecule has 20 heavy (non-hydrogen) atoms. The van der Waals surface area contributed by atoms with Crippen LogP contribution in [-0.4, -0.2) is 55.1 Å². The summed E-state index contributed by atoms with van der Waals surface area (Å²) in [4.78, 5) is 26.1. The Labute approximate surface area is 120 Å². The fourth-order valence-corrected chi connectivity index (χ4v) is 2.28. The van der Waals surface area contributed by atoms with Crippen molar-refractivity contribution in [2.24, 2.45) is 11.7 Å². The van der Waals surface area contributed by atoms with E-state index < -0.39 is 6.04 Å². The molecule has 6 heteroatoms. The first-order valence-corrected chi connectivity index (χ1v) is 7.49. The zero-order valence-electron chi connectivity index (χ0n) is 12.1. The van der Waals surface area contributed by atoms with Gasteiger partial charge in [-0.15, -0.1) is 0 Å². The van der Waals surface area contributed by atoms with Gasteiger partial charge in [0.15, 0.2) is 0 Å². The van der Waals surface area contributed by atoms with Crippen molar-refractivity contribution in [2.75, 3.05) is 26.3 Å². The molecule has 0 bridgehead atoms. The molecule has 2 amide bonds. The molecule has 0 radical (unpaired) electrons. The van der Waals surface area contributed by atoms with Crippen LogP contribution in [0.1, 0.15) is 32.6 Å². The maximum Gasteiger partial charge on any atom is 0.245 e. The molecular formula is C14H25N3O3. The van der Waals surface area contributed by atoms with Crippen LogP contribution in [0.5, 0.6) is 0 Å². The Hall–Kier alpha value is -1.14. The van der Waals surface area contributed by atoms with Crippen molar-refractivity contribution in [1.29, 1.82) is 0 Å². The summed E-state index contributed by atoms with van der Waals surface area (Å²) in [5.41, 5.74) is 5.56. The van der Waals surface area contributed by atoms with Gasteiger partial charge in [0.2, 0.25) is 11.8 Å². The van der Waals surface area contributed by atoms with Crippen molar-refractivity contribution in [3.63, 3.8) is 0 Å². The Balaban J connectivity index is 1.87. The molecule has 0 aromatic heterocycles. The van der Waals surface area contributed by atoms with E-state index in [1.807, 2.05) is 6.92 Å². The number of nitrogens with two attached hydrogens (primary N) is 1. The molecule has 0 aromatic carbocycles. The predicted octanol–water partition coefficient (Wildman–Crippen LogP) is -0.133. The Kier molecular flexibility index (Phi) is 5.37. The van der Waals surface area contributed by atoms with Crippen molar-refractivity contribution in [3.05, 3.63) is 0 Å². The molecule has 2 unspecified atom stereocenters. The Bertz CT molecular complexity index is 358. The number of morpholine rings is 1. The quantitative estimate of drug-likeness (QED) is 0.711. The van der Waals surface area contributed by atoms with Crippen LogP contribution in [0.25, 0.3) is 0 Å². The van der Waals surface area contributed by atoms with Gasteiger partial charge in [0.1, 0.15) is 6.04 Å². The van der Waals surface area contributed by atoms with Crippen LogP contribution in [0.4, 0.5) is 0 Å². The molecule has 2 fully saturated rings. The van der Waals surface area contributed by atoms with Crippen LogP contribution in [-0.2, 0) is 14.3 Å². The van der Waals surface area contributed by atoms with Crippen LogP contribution in [0.3, 0.4) is 0 Å². The maximum atomic E-state index is 12.3. The van der Waals surface area contributed by atoms with E-state index in [2.05, 4.69) is 5.32 Å². The number of carbonyl (C=O) groups is 2. The lowest BCUT2D eigenvalue weighted by atomic mass is 10.0. The van der Waals surface area contributed by atoms with E-state index in [4.69, 9.17) is 10.5 Å². The van der Waals surface area contributed by atoms with E-state index in [0.717, 1.165) is 19.3 Å². The van der Waals surface area contributed by atoms with E-state index in [9.17, 15) is 9.59 Å².